The Morgan fingerprint density at radius 3 is 2.17 bits per heavy atom. The first-order valence-electron chi connectivity index (χ1n) is 6.25. The average Bonchev–Trinajstić information content (AvgIpc) is 2.36. The maximum Gasteiger partial charge on any atom is 0.152 e. The maximum absolute atomic E-state index is 11.8. The fourth-order valence-corrected chi connectivity index (χ4v) is 3.14. The Hall–Kier alpha value is -0.540. The molecule has 2 atom stereocenters. The number of sulfone groups is 1. The summed E-state index contributed by atoms with van der Waals surface area (Å²) in [6, 6.07) is 9.79. The van der Waals surface area contributed by atoms with Crippen LogP contribution in [0.25, 0.3) is 0 Å². The molecular formula is C14H21ClO2S. The lowest BCUT2D eigenvalue weighted by molar-refractivity contribution is 0.528. The van der Waals surface area contributed by atoms with Crippen LogP contribution < -0.4 is 0 Å². The maximum atomic E-state index is 11.8. The Bertz CT molecular complexity index is 454. The molecule has 102 valence electrons. The van der Waals surface area contributed by atoms with Crippen LogP contribution in [0.15, 0.2) is 30.3 Å². The molecule has 0 amide bonds. The average molecular weight is 289 g/mol. The summed E-state index contributed by atoms with van der Waals surface area (Å²) in [6.07, 6.45) is 0.601. The van der Waals surface area contributed by atoms with E-state index in [1.54, 1.807) is 13.8 Å². The summed E-state index contributed by atoms with van der Waals surface area (Å²) < 4.78 is 23.5. The molecule has 0 spiro atoms. The molecule has 1 aromatic carbocycles. The third-order valence-corrected chi connectivity index (χ3v) is 6.12. The number of halogens is 1. The Balaban J connectivity index is 2.59. The summed E-state index contributed by atoms with van der Waals surface area (Å²) in [7, 11) is -2.97. The van der Waals surface area contributed by atoms with E-state index in [0.29, 0.717) is 6.42 Å². The molecule has 1 rings (SSSR count). The van der Waals surface area contributed by atoms with E-state index in [2.05, 4.69) is 0 Å². The summed E-state index contributed by atoms with van der Waals surface area (Å²) >= 11 is 6.37. The van der Waals surface area contributed by atoms with Crippen molar-refractivity contribution < 1.29 is 8.42 Å². The number of rotatable bonds is 6. The number of alkyl halides is 1. The zero-order valence-electron chi connectivity index (χ0n) is 11.1. The van der Waals surface area contributed by atoms with Crippen molar-refractivity contribution in [3.8, 4) is 0 Å². The molecular weight excluding hydrogens is 268 g/mol. The molecule has 0 aliphatic heterocycles. The zero-order chi connectivity index (χ0) is 13.8. The lowest BCUT2D eigenvalue weighted by Crippen LogP contribution is -2.20. The number of hydrogen-bond acceptors (Lipinski definition) is 2. The SMILES string of the molecule is CC(CCS(=O)(=O)C(C)C)C(Cl)c1ccccc1. The Morgan fingerprint density at radius 2 is 1.67 bits per heavy atom. The van der Waals surface area contributed by atoms with Gasteiger partial charge in [-0.15, -0.1) is 11.6 Å². The lowest BCUT2D eigenvalue weighted by atomic mass is 9.98. The van der Waals surface area contributed by atoms with Crippen LogP contribution >= 0.6 is 11.6 Å². The minimum atomic E-state index is -2.97. The minimum Gasteiger partial charge on any atom is -0.229 e. The van der Waals surface area contributed by atoms with Crippen molar-refractivity contribution in [1.82, 2.24) is 0 Å². The monoisotopic (exact) mass is 288 g/mol. The van der Waals surface area contributed by atoms with E-state index in [9.17, 15) is 8.42 Å². The highest BCUT2D eigenvalue weighted by molar-refractivity contribution is 7.91. The van der Waals surface area contributed by atoms with Gasteiger partial charge in [-0.25, -0.2) is 8.42 Å². The van der Waals surface area contributed by atoms with E-state index in [-0.39, 0.29) is 22.3 Å². The smallest absolute Gasteiger partial charge is 0.152 e. The first-order valence-corrected chi connectivity index (χ1v) is 8.40. The van der Waals surface area contributed by atoms with Gasteiger partial charge < -0.3 is 0 Å². The van der Waals surface area contributed by atoms with E-state index in [1.165, 1.54) is 0 Å². The van der Waals surface area contributed by atoms with Gasteiger partial charge in [0.05, 0.1) is 16.4 Å². The van der Waals surface area contributed by atoms with Gasteiger partial charge >= 0.3 is 0 Å². The molecule has 0 aliphatic rings. The summed E-state index contributed by atoms with van der Waals surface area (Å²) in [5, 5.41) is -0.441. The molecule has 2 unspecified atom stereocenters. The highest BCUT2D eigenvalue weighted by Crippen LogP contribution is 2.31. The van der Waals surface area contributed by atoms with Crippen molar-refractivity contribution in [2.24, 2.45) is 5.92 Å². The van der Waals surface area contributed by atoms with Gasteiger partial charge in [-0.05, 0) is 31.7 Å². The van der Waals surface area contributed by atoms with Crippen molar-refractivity contribution in [2.45, 2.75) is 37.8 Å². The molecule has 0 saturated carbocycles. The van der Waals surface area contributed by atoms with Gasteiger partial charge in [0, 0.05) is 0 Å². The Labute approximate surface area is 115 Å². The molecule has 0 N–H and O–H groups in total. The molecule has 0 bridgehead atoms. The Kier molecular flexibility index (Phi) is 5.67. The molecule has 2 nitrogen and oxygen atoms in total. The van der Waals surface area contributed by atoms with E-state index in [1.807, 2.05) is 37.3 Å². The molecule has 18 heavy (non-hydrogen) atoms. The highest BCUT2D eigenvalue weighted by Gasteiger charge is 2.21. The van der Waals surface area contributed by atoms with Crippen molar-refractivity contribution in [3.05, 3.63) is 35.9 Å². The van der Waals surface area contributed by atoms with Gasteiger partial charge in [-0.1, -0.05) is 37.3 Å². The quantitative estimate of drug-likeness (QED) is 0.746. The summed E-state index contributed by atoms with van der Waals surface area (Å²) in [5.74, 6) is 0.351. The van der Waals surface area contributed by atoms with Gasteiger partial charge in [-0.2, -0.15) is 0 Å². The van der Waals surface area contributed by atoms with Crippen molar-refractivity contribution in [1.29, 1.82) is 0 Å². The van der Waals surface area contributed by atoms with Crippen LogP contribution in [0.5, 0.6) is 0 Å². The number of hydrogen-bond donors (Lipinski definition) is 0. The second-order valence-corrected chi connectivity index (χ2v) is 8.14. The van der Waals surface area contributed by atoms with Crippen LogP contribution in [-0.2, 0) is 9.84 Å². The third-order valence-electron chi connectivity index (χ3n) is 3.19. The van der Waals surface area contributed by atoms with Gasteiger partial charge in [0.2, 0.25) is 0 Å². The summed E-state index contributed by atoms with van der Waals surface area (Å²) in [5.41, 5.74) is 1.05. The van der Waals surface area contributed by atoms with Crippen molar-refractivity contribution in [3.63, 3.8) is 0 Å². The largest absolute Gasteiger partial charge is 0.229 e. The standard InChI is InChI=1S/C14H21ClO2S/c1-11(2)18(16,17)10-9-12(3)14(15)13-7-5-4-6-8-13/h4-8,11-12,14H,9-10H2,1-3H3. The van der Waals surface area contributed by atoms with Crippen molar-refractivity contribution in [2.75, 3.05) is 5.75 Å². The first kappa shape index (κ1) is 15.5. The van der Waals surface area contributed by atoms with E-state index in [0.717, 1.165) is 5.56 Å². The van der Waals surface area contributed by atoms with Crippen LogP contribution in [0.2, 0.25) is 0 Å². The zero-order valence-corrected chi connectivity index (χ0v) is 12.7. The van der Waals surface area contributed by atoms with Gasteiger partial charge in [-0.3, -0.25) is 0 Å². The molecule has 0 radical (unpaired) electrons. The van der Waals surface area contributed by atoms with Crippen LogP contribution in [0.1, 0.15) is 38.1 Å². The number of benzene rings is 1. The molecule has 4 heteroatoms. The normalized spacial score (nSPS) is 15.6. The Morgan fingerprint density at radius 1 is 1.11 bits per heavy atom. The van der Waals surface area contributed by atoms with E-state index in [4.69, 9.17) is 11.6 Å². The van der Waals surface area contributed by atoms with Gasteiger partial charge in [0.15, 0.2) is 9.84 Å². The molecule has 0 saturated heterocycles. The van der Waals surface area contributed by atoms with E-state index >= 15 is 0 Å². The molecule has 0 aliphatic carbocycles. The first-order chi connectivity index (χ1) is 8.34. The van der Waals surface area contributed by atoms with Crippen LogP contribution in [-0.4, -0.2) is 19.4 Å². The summed E-state index contributed by atoms with van der Waals surface area (Å²) in [6.45, 7) is 5.44. The predicted molar refractivity (Wildman–Crippen MR) is 77.7 cm³/mol. The molecule has 0 heterocycles. The minimum absolute atomic E-state index is 0.131. The van der Waals surface area contributed by atoms with Gasteiger partial charge in [0.1, 0.15) is 0 Å². The second kappa shape index (κ2) is 6.58. The van der Waals surface area contributed by atoms with Crippen LogP contribution in [0.4, 0.5) is 0 Å². The molecule has 0 aromatic heterocycles. The van der Waals surface area contributed by atoms with Crippen molar-refractivity contribution >= 4 is 21.4 Å². The summed E-state index contributed by atoms with van der Waals surface area (Å²) in [4.78, 5) is 0. The van der Waals surface area contributed by atoms with Crippen LogP contribution in [0.3, 0.4) is 0 Å². The van der Waals surface area contributed by atoms with E-state index < -0.39 is 9.84 Å². The van der Waals surface area contributed by atoms with Crippen LogP contribution in [0, 0.1) is 5.92 Å². The fraction of sp³-hybridized carbons (Fsp3) is 0.571. The topological polar surface area (TPSA) is 34.1 Å². The molecule has 1 aromatic rings. The second-order valence-electron chi connectivity index (χ2n) is 4.99. The van der Waals surface area contributed by atoms with Gasteiger partial charge in [0.25, 0.3) is 0 Å². The lowest BCUT2D eigenvalue weighted by Gasteiger charge is -2.19. The molecule has 0 fully saturated rings. The highest BCUT2D eigenvalue weighted by atomic mass is 35.5. The predicted octanol–water partition coefficient (Wildman–Crippen LogP) is 3.82. The third kappa shape index (κ3) is 4.29. The fourth-order valence-electron chi connectivity index (χ4n) is 1.70.